The fourth-order valence-electron chi connectivity index (χ4n) is 2.40. The Bertz CT molecular complexity index is 582. The van der Waals surface area contributed by atoms with E-state index in [4.69, 9.17) is 0 Å². The topological polar surface area (TPSA) is 76.0 Å². The highest BCUT2D eigenvalue weighted by molar-refractivity contribution is 6.10. The summed E-state index contributed by atoms with van der Waals surface area (Å²) in [7, 11) is 1.66. The minimum atomic E-state index is -0.488. The number of carbonyl (C=O) groups excluding carboxylic acids is 1. The van der Waals surface area contributed by atoms with Gasteiger partial charge in [-0.15, -0.1) is 0 Å². The Balaban J connectivity index is 2.53. The summed E-state index contributed by atoms with van der Waals surface area (Å²) in [5.41, 5.74) is 0.584. The van der Waals surface area contributed by atoms with Crippen molar-refractivity contribution in [3.05, 3.63) is 34.4 Å². The van der Waals surface area contributed by atoms with Gasteiger partial charge in [0.15, 0.2) is 5.82 Å². The molecule has 6 nitrogen and oxygen atoms in total. The van der Waals surface area contributed by atoms with Gasteiger partial charge in [-0.1, -0.05) is 12.2 Å². The fourth-order valence-corrected chi connectivity index (χ4v) is 2.74. The highest BCUT2D eigenvalue weighted by Gasteiger charge is 2.24. The minimum Gasteiger partial charge on any atom is -0.369 e. The fraction of sp³-hybridized carbons (Fsp3) is 0.462. The van der Waals surface area contributed by atoms with E-state index in [1.807, 2.05) is 6.08 Å². The number of amides is 1. The molecule has 7 heteroatoms. The molecule has 0 spiro atoms. The average molecular weight is 290 g/mol. The number of aryl methyl sites for hydroxylation is 1. The molecule has 0 aromatic carbocycles. The summed E-state index contributed by atoms with van der Waals surface area (Å²) in [4.78, 5) is 28.9. The van der Waals surface area contributed by atoms with Crippen LogP contribution in [0.15, 0.2) is 23.1 Å². The lowest BCUT2D eigenvalue weighted by molar-refractivity contribution is -0.124. The molecule has 0 radical (unpaired) electrons. The van der Waals surface area contributed by atoms with Crippen LogP contribution in [-0.2, 0) is 11.2 Å². The van der Waals surface area contributed by atoms with Gasteiger partial charge in [0, 0.05) is 18.9 Å². The first kappa shape index (κ1) is 14.8. The van der Waals surface area contributed by atoms with Crippen molar-refractivity contribution in [3.8, 4) is 0 Å². The quantitative estimate of drug-likeness (QED) is 0.577. The largest absolute Gasteiger partial charge is 0.369 e. The molecule has 0 saturated heterocycles. The average Bonchev–Trinajstić information content (AvgIpc) is 2.40. The summed E-state index contributed by atoms with van der Waals surface area (Å²) in [6, 6.07) is -0.488. The first-order valence-electron chi connectivity index (χ1n) is 6.90. The van der Waals surface area contributed by atoms with Crippen LogP contribution in [0.5, 0.6) is 0 Å². The molecule has 0 fully saturated rings. The SMILES string of the molecule is CNc1ncc2n(c1=O)C(C(=O)N[CH2][AlH2])CC=CCC2. The Morgan fingerprint density at radius 1 is 1.55 bits per heavy atom. The highest BCUT2D eigenvalue weighted by atomic mass is 27.0. The lowest BCUT2D eigenvalue weighted by Crippen LogP contribution is -2.40. The molecule has 1 aliphatic heterocycles. The van der Waals surface area contributed by atoms with Crippen molar-refractivity contribution in [2.24, 2.45) is 0 Å². The van der Waals surface area contributed by atoms with E-state index in [9.17, 15) is 9.59 Å². The van der Waals surface area contributed by atoms with Crippen LogP contribution in [0.4, 0.5) is 5.82 Å². The van der Waals surface area contributed by atoms with Crippen LogP contribution in [0.2, 0.25) is 0 Å². The van der Waals surface area contributed by atoms with E-state index in [2.05, 4.69) is 21.7 Å². The molecule has 2 rings (SSSR count). The Hall–Kier alpha value is -1.58. The van der Waals surface area contributed by atoms with E-state index < -0.39 is 6.04 Å². The maximum atomic E-state index is 12.5. The molecule has 0 saturated carbocycles. The molecule has 1 aliphatic rings. The van der Waals surface area contributed by atoms with Crippen molar-refractivity contribution in [3.63, 3.8) is 0 Å². The van der Waals surface area contributed by atoms with Gasteiger partial charge in [-0.2, -0.15) is 0 Å². The third-order valence-electron chi connectivity index (χ3n) is 3.37. The molecule has 1 atom stereocenters. The molecular weight excluding hydrogens is 271 g/mol. The van der Waals surface area contributed by atoms with Gasteiger partial charge in [-0.05, 0) is 24.7 Å². The van der Waals surface area contributed by atoms with Crippen LogP contribution >= 0.6 is 0 Å². The molecule has 1 aromatic rings. The maximum Gasteiger partial charge on any atom is 0.294 e. The molecular formula is C13H19AlN4O2. The lowest BCUT2D eigenvalue weighted by Gasteiger charge is -2.23. The van der Waals surface area contributed by atoms with Gasteiger partial charge < -0.3 is 10.6 Å². The highest BCUT2D eigenvalue weighted by Crippen LogP contribution is 2.18. The van der Waals surface area contributed by atoms with E-state index in [-0.39, 0.29) is 17.3 Å². The van der Waals surface area contributed by atoms with Crippen molar-refractivity contribution in [2.75, 3.05) is 17.8 Å². The van der Waals surface area contributed by atoms with Gasteiger partial charge in [0.05, 0.1) is 0 Å². The summed E-state index contributed by atoms with van der Waals surface area (Å²) in [6.07, 6.45) is 7.83. The molecule has 106 valence electrons. The monoisotopic (exact) mass is 290 g/mol. The second-order valence-electron chi connectivity index (χ2n) is 4.68. The van der Waals surface area contributed by atoms with E-state index in [0.29, 0.717) is 18.2 Å². The van der Waals surface area contributed by atoms with E-state index in [1.165, 1.54) is 0 Å². The number of fused-ring (bicyclic) bond motifs is 1. The van der Waals surface area contributed by atoms with E-state index >= 15 is 0 Å². The van der Waals surface area contributed by atoms with Crippen LogP contribution in [0.3, 0.4) is 0 Å². The molecule has 0 bridgehead atoms. The molecule has 1 aromatic heterocycles. The summed E-state index contributed by atoms with van der Waals surface area (Å²) in [5.74, 6) is 0.185. The van der Waals surface area contributed by atoms with Crippen molar-refractivity contribution in [1.82, 2.24) is 14.9 Å². The predicted octanol–water partition coefficient (Wildman–Crippen LogP) is -0.575. The van der Waals surface area contributed by atoms with Crippen LogP contribution in [0.1, 0.15) is 24.6 Å². The van der Waals surface area contributed by atoms with Crippen molar-refractivity contribution in [1.29, 1.82) is 0 Å². The summed E-state index contributed by atoms with van der Waals surface area (Å²) in [5, 5.41) is 6.33. The number of nitrogens with zero attached hydrogens (tertiary/aromatic N) is 2. The maximum absolute atomic E-state index is 12.5. The predicted molar refractivity (Wildman–Crippen MR) is 80.7 cm³/mol. The number of allylic oxidation sites excluding steroid dienone is 2. The Labute approximate surface area is 125 Å². The molecule has 2 N–H and O–H groups in total. The normalized spacial score (nSPS) is 17.8. The Morgan fingerprint density at radius 3 is 3.05 bits per heavy atom. The number of anilines is 1. The van der Waals surface area contributed by atoms with Gasteiger partial charge >= 0.3 is 0 Å². The zero-order chi connectivity index (χ0) is 14.5. The zero-order valence-corrected chi connectivity index (χ0v) is 13.8. The first-order chi connectivity index (χ1) is 9.69. The van der Waals surface area contributed by atoms with Gasteiger partial charge in [0.25, 0.3) is 5.56 Å². The number of nitrogens with one attached hydrogen (secondary N) is 2. The molecule has 20 heavy (non-hydrogen) atoms. The summed E-state index contributed by atoms with van der Waals surface area (Å²) in [6.45, 7) is 0. The van der Waals surface area contributed by atoms with Crippen LogP contribution in [0, 0.1) is 0 Å². The number of rotatable bonds is 3. The summed E-state index contributed by atoms with van der Waals surface area (Å²) >= 11 is 0.897. The van der Waals surface area contributed by atoms with Crippen molar-refractivity contribution in [2.45, 2.75) is 25.3 Å². The number of carbonyl (C=O) groups is 1. The molecule has 0 aliphatic carbocycles. The molecule has 2 heterocycles. The van der Waals surface area contributed by atoms with Gasteiger partial charge in [-0.25, -0.2) is 4.98 Å². The standard InChI is InChI=1S/C13H17N4O2.Al.2H/c1-14-11-13(19)17-9(8-16-11)6-4-3-5-7-10(17)12(18)15-2;;;/h3,5,8,10H,2,4,6-7H2,1H3,(H,14,16)(H,15,18);;;. The number of hydrogen-bond donors (Lipinski definition) is 2. The Kier molecular flexibility index (Phi) is 4.99. The van der Waals surface area contributed by atoms with Crippen LogP contribution < -0.4 is 16.2 Å². The number of aromatic nitrogens is 2. The van der Waals surface area contributed by atoms with Crippen LogP contribution in [-0.4, -0.2) is 44.2 Å². The van der Waals surface area contributed by atoms with Crippen molar-refractivity contribution >= 4 is 28.0 Å². The third-order valence-corrected chi connectivity index (χ3v) is 3.72. The van der Waals surface area contributed by atoms with Crippen molar-refractivity contribution < 1.29 is 4.79 Å². The zero-order valence-electron chi connectivity index (χ0n) is 11.8. The van der Waals surface area contributed by atoms with Gasteiger partial charge in [0.1, 0.15) is 6.04 Å². The lowest BCUT2D eigenvalue weighted by atomic mass is 10.1. The first-order valence-corrected chi connectivity index (χ1v) is 8.31. The third kappa shape index (κ3) is 2.94. The van der Waals surface area contributed by atoms with Gasteiger partial charge in [-0.3, -0.25) is 14.2 Å². The molecule has 1 unspecified atom stereocenters. The second-order valence-corrected chi connectivity index (χ2v) is 5.39. The number of hydrogen-bond acceptors (Lipinski definition) is 4. The molecule has 1 amide bonds. The van der Waals surface area contributed by atoms with E-state index in [1.54, 1.807) is 17.8 Å². The van der Waals surface area contributed by atoms with E-state index in [0.717, 1.165) is 28.4 Å². The minimum absolute atomic E-state index is 0.0943. The second kappa shape index (κ2) is 6.73. The van der Waals surface area contributed by atoms with Crippen LogP contribution in [0.25, 0.3) is 0 Å². The summed E-state index contributed by atoms with van der Waals surface area (Å²) < 4.78 is 1.59. The smallest absolute Gasteiger partial charge is 0.294 e. The Morgan fingerprint density at radius 2 is 2.35 bits per heavy atom. The van der Waals surface area contributed by atoms with Gasteiger partial charge in [0.2, 0.25) is 22.2 Å².